The molecule has 0 spiro atoms. The molecule has 10 heteroatoms. The van der Waals surface area contributed by atoms with Crippen LogP contribution in [0.15, 0.2) is 29.3 Å². The van der Waals surface area contributed by atoms with Crippen LogP contribution < -0.4 is 15.4 Å². The molecule has 168 valence electrons. The monoisotopic (exact) mass is 532 g/mol. The van der Waals surface area contributed by atoms with E-state index in [0.717, 1.165) is 38.2 Å². The van der Waals surface area contributed by atoms with E-state index in [0.29, 0.717) is 19.0 Å². The number of guanidine groups is 1. The molecule has 0 bridgehead atoms. The van der Waals surface area contributed by atoms with Crippen molar-refractivity contribution in [1.82, 2.24) is 15.5 Å². The Bertz CT molecular complexity index is 589. The van der Waals surface area contributed by atoms with Gasteiger partial charge in [0.2, 0.25) is 0 Å². The molecule has 0 aliphatic rings. The molecule has 0 aliphatic heterocycles. The topological polar surface area (TPSA) is 58.1 Å². The van der Waals surface area contributed by atoms with Gasteiger partial charge in [0, 0.05) is 39.9 Å². The fraction of sp³-hybridized carbons (Fsp3) is 0.632. The lowest BCUT2D eigenvalue weighted by atomic mass is 10.2. The summed E-state index contributed by atoms with van der Waals surface area (Å²) < 4.78 is 46.6. The van der Waals surface area contributed by atoms with Crippen molar-refractivity contribution in [2.24, 2.45) is 4.99 Å². The van der Waals surface area contributed by atoms with Crippen LogP contribution in [-0.2, 0) is 11.3 Å². The summed E-state index contributed by atoms with van der Waals surface area (Å²) in [5, 5.41) is 6.42. The molecule has 1 rings (SSSR count). The van der Waals surface area contributed by atoms with E-state index in [1.165, 1.54) is 6.07 Å². The van der Waals surface area contributed by atoms with Crippen molar-refractivity contribution in [2.45, 2.75) is 26.1 Å². The van der Waals surface area contributed by atoms with Gasteiger partial charge in [0.1, 0.15) is 5.75 Å². The van der Waals surface area contributed by atoms with E-state index in [4.69, 9.17) is 9.47 Å². The van der Waals surface area contributed by atoms with E-state index in [9.17, 15) is 13.2 Å². The molecule has 0 fully saturated rings. The van der Waals surface area contributed by atoms with Gasteiger partial charge >= 0.3 is 6.18 Å². The summed E-state index contributed by atoms with van der Waals surface area (Å²) in [6, 6.07) is 6.53. The van der Waals surface area contributed by atoms with Gasteiger partial charge in [0.15, 0.2) is 12.6 Å². The maximum Gasteiger partial charge on any atom is 0.422 e. The van der Waals surface area contributed by atoms with Crippen LogP contribution in [0.3, 0.4) is 0 Å². The van der Waals surface area contributed by atoms with Crippen molar-refractivity contribution >= 4 is 29.9 Å². The molecular weight excluding hydrogens is 500 g/mol. The molecule has 0 radical (unpaired) electrons. The summed E-state index contributed by atoms with van der Waals surface area (Å²) in [5.74, 6) is 0.843. The minimum Gasteiger partial charge on any atom is -0.484 e. The normalized spacial score (nSPS) is 11.9. The lowest BCUT2D eigenvalue weighted by molar-refractivity contribution is -0.153. The molecule has 2 N–H and O–H groups in total. The van der Waals surface area contributed by atoms with E-state index in [2.05, 4.69) is 20.5 Å². The van der Waals surface area contributed by atoms with E-state index in [1.807, 2.05) is 14.0 Å². The van der Waals surface area contributed by atoms with E-state index < -0.39 is 12.8 Å². The first kappa shape index (κ1) is 27.7. The second-order valence-corrected chi connectivity index (χ2v) is 6.32. The van der Waals surface area contributed by atoms with Crippen molar-refractivity contribution in [2.75, 3.05) is 53.6 Å². The standard InChI is InChI=1S/C19H31F3N4O2.HI/c1-4-23-18(24-9-11-26(2)10-6-12-27-3)25-14-16-7-5-8-17(13-16)28-15-19(20,21)22;/h5,7-8,13H,4,6,9-12,14-15H2,1-3H3,(H2,23,24,25);1H. The molecule has 0 aliphatic carbocycles. The molecule has 0 amide bonds. The summed E-state index contributed by atoms with van der Waals surface area (Å²) in [5.41, 5.74) is 0.772. The van der Waals surface area contributed by atoms with Crippen molar-refractivity contribution < 1.29 is 22.6 Å². The highest BCUT2D eigenvalue weighted by atomic mass is 127. The van der Waals surface area contributed by atoms with Crippen LogP contribution in [0.1, 0.15) is 18.9 Å². The van der Waals surface area contributed by atoms with Gasteiger partial charge in [-0.15, -0.1) is 24.0 Å². The molecule has 1 aromatic rings. The largest absolute Gasteiger partial charge is 0.484 e. The minimum absolute atomic E-state index is 0. The van der Waals surface area contributed by atoms with Crippen molar-refractivity contribution in [3.05, 3.63) is 29.8 Å². The summed E-state index contributed by atoms with van der Waals surface area (Å²) >= 11 is 0. The van der Waals surface area contributed by atoms with E-state index in [-0.39, 0.29) is 29.7 Å². The number of benzene rings is 1. The van der Waals surface area contributed by atoms with Crippen LogP contribution in [0, 0.1) is 0 Å². The number of hydrogen-bond acceptors (Lipinski definition) is 4. The highest BCUT2D eigenvalue weighted by Crippen LogP contribution is 2.19. The Morgan fingerprint density at radius 3 is 2.62 bits per heavy atom. The van der Waals surface area contributed by atoms with Gasteiger partial charge in [-0.25, -0.2) is 4.99 Å². The highest BCUT2D eigenvalue weighted by molar-refractivity contribution is 14.0. The lowest BCUT2D eigenvalue weighted by Gasteiger charge is -2.18. The Labute approximate surface area is 188 Å². The number of hydrogen-bond donors (Lipinski definition) is 2. The van der Waals surface area contributed by atoms with Crippen molar-refractivity contribution in [3.8, 4) is 5.75 Å². The Morgan fingerprint density at radius 1 is 1.21 bits per heavy atom. The minimum atomic E-state index is -4.35. The van der Waals surface area contributed by atoms with Crippen LogP contribution in [0.4, 0.5) is 13.2 Å². The molecule has 0 atom stereocenters. The molecular formula is C19H32F3IN4O2. The molecule has 0 heterocycles. The second kappa shape index (κ2) is 15.6. The zero-order valence-electron chi connectivity index (χ0n) is 17.2. The maximum atomic E-state index is 12.3. The summed E-state index contributed by atoms with van der Waals surface area (Å²) in [4.78, 5) is 6.69. The SMILES string of the molecule is CCNC(=NCc1cccc(OCC(F)(F)F)c1)NCCN(C)CCCOC.I. The number of nitrogens with one attached hydrogen (secondary N) is 2. The van der Waals surface area contributed by atoms with Crippen LogP contribution in [0.5, 0.6) is 5.75 Å². The molecule has 0 aromatic heterocycles. The number of rotatable bonds is 12. The number of methoxy groups -OCH3 is 1. The van der Waals surface area contributed by atoms with Crippen LogP contribution in [0.2, 0.25) is 0 Å². The molecule has 6 nitrogen and oxygen atoms in total. The van der Waals surface area contributed by atoms with Crippen LogP contribution in [0.25, 0.3) is 0 Å². The maximum absolute atomic E-state index is 12.3. The first-order chi connectivity index (χ1) is 13.3. The molecule has 29 heavy (non-hydrogen) atoms. The van der Waals surface area contributed by atoms with Gasteiger partial charge in [-0.1, -0.05) is 12.1 Å². The van der Waals surface area contributed by atoms with E-state index >= 15 is 0 Å². The Morgan fingerprint density at radius 2 is 1.97 bits per heavy atom. The first-order valence-corrected chi connectivity index (χ1v) is 9.32. The van der Waals surface area contributed by atoms with Gasteiger partial charge < -0.3 is 25.0 Å². The zero-order valence-corrected chi connectivity index (χ0v) is 19.5. The number of alkyl halides is 3. The summed E-state index contributed by atoms with van der Waals surface area (Å²) in [6.07, 6.45) is -3.37. The average molecular weight is 532 g/mol. The first-order valence-electron chi connectivity index (χ1n) is 9.32. The zero-order chi connectivity index (χ0) is 20.8. The van der Waals surface area contributed by atoms with Crippen molar-refractivity contribution in [1.29, 1.82) is 0 Å². The van der Waals surface area contributed by atoms with Crippen LogP contribution >= 0.6 is 24.0 Å². The van der Waals surface area contributed by atoms with Crippen molar-refractivity contribution in [3.63, 3.8) is 0 Å². The average Bonchev–Trinajstić information content (AvgIpc) is 2.64. The highest BCUT2D eigenvalue weighted by Gasteiger charge is 2.28. The van der Waals surface area contributed by atoms with Gasteiger partial charge in [-0.3, -0.25) is 0 Å². The summed E-state index contributed by atoms with van der Waals surface area (Å²) in [7, 11) is 3.74. The van der Waals surface area contributed by atoms with Gasteiger partial charge in [0.25, 0.3) is 0 Å². The molecule has 0 saturated heterocycles. The summed E-state index contributed by atoms with van der Waals surface area (Å²) in [6.45, 7) is 4.99. The number of nitrogens with zero attached hydrogens (tertiary/aromatic N) is 2. The molecule has 0 unspecified atom stereocenters. The fourth-order valence-corrected chi connectivity index (χ4v) is 2.37. The second-order valence-electron chi connectivity index (χ2n) is 6.32. The molecule has 0 saturated carbocycles. The number of halogens is 4. The third-order valence-corrected chi connectivity index (χ3v) is 3.74. The Kier molecular flexibility index (Phi) is 14.9. The Hall–Kier alpha value is -1.27. The predicted octanol–water partition coefficient (Wildman–Crippen LogP) is 3.27. The smallest absolute Gasteiger partial charge is 0.422 e. The van der Waals surface area contributed by atoms with Gasteiger partial charge in [-0.05, 0) is 38.1 Å². The third kappa shape index (κ3) is 14.4. The Balaban J connectivity index is 0.00000784. The van der Waals surface area contributed by atoms with Crippen LogP contribution in [-0.4, -0.2) is 70.6 Å². The predicted molar refractivity (Wildman–Crippen MR) is 120 cm³/mol. The van der Waals surface area contributed by atoms with E-state index in [1.54, 1.807) is 25.3 Å². The fourth-order valence-electron chi connectivity index (χ4n) is 2.37. The molecule has 1 aromatic carbocycles. The third-order valence-electron chi connectivity index (χ3n) is 3.74. The number of likely N-dealkylation sites (N-methyl/N-ethyl adjacent to an activating group) is 1. The lowest BCUT2D eigenvalue weighted by Crippen LogP contribution is -2.41. The quantitative estimate of drug-likeness (QED) is 0.187. The number of ether oxygens (including phenoxy) is 2. The van der Waals surface area contributed by atoms with Gasteiger partial charge in [-0.2, -0.15) is 13.2 Å². The van der Waals surface area contributed by atoms with Gasteiger partial charge in [0.05, 0.1) is 6.54 Å². The number of aliphatic imine (C=N–C) groups is 1.